The second-order valence-corrected chi connectivity index (χ2v) is 3.57. The maximum atomic E-state index is 13.4. The number of halogens is 2. The Morgan fingerprint density at radius 2 is 1.86 bits per heavy atom. The molecule has 0 aliphatic heterocycles. The lowest BCUT2D eigenvalue weighted by molar-refractivity contribution is 0.0930. The van der Waals surface area contributed by atoms with Gasteiger partial charge in [-0.25, -0.2) is 8.78 Å². The Labute approximate surface area is 81.7 Å². The summed E-state index contributed by atoms with van der Waals surface area (Å²) in [6.07, 6.45) is 0. The van der Waals surface area contributed by atoms with Crippen molar-refractivity contribution in [2.24, 2.45) is 5.92 Å². The van der Waals surface area contributed by atoms with Gasteiger partial charge in [0.1, 0.15) is 11.6 Å². The fourth-order valence-corrected chi connectivity index (χ4v) is 1.17. The van der Waals surface area contributed by atoms with Crippen LogP contribution < -0.4 is 0 Å². The molecule has 0 spiro atoms. The lowest BCUT2D eigenvalue weighted by Gasteiger charge is -2.08. The van der Waals surface area contributed by atoms with Gasteiger partial charge in [0, 0.05) is 5.92 Å². The molecule has 0 saturated heterocycles. The molecule has 0 N–H and O–H groups in total. The van der Waals surface area contributed by atoms with E-state index in [0.29, 0.717) is 0 Å². The van der Waals surface area contributed by atoms with Crippen LogP contribution in [0.2, 0.25) is 0 Å². The zero-order valence-corrected chi connectivity index (χ0v) is 8.40. The van der Waals surface area contributed by atoms with Crippen molar-refractivity contribution in [1.29, 1.82) is 0 Å². The molecular weight excluding hydrogens is 186 g/mol. The van der Waals surface area contributed by atoms with Gasteiger partial charge in [0.05, 0.1) is 5.56 Å². The van der Waals surface area contributed by atoms with Crippen LogP contribution in [-0.2, 0) is 0 Å². The van der Waals surface area contributed by atoms with E-state index in [2.05, 4.69) is 0 Å². The highest BCUT2D eigenvalue weighted by molar-refractivity contribution is 5.98. The van der Waals surface area contributed by atoms with Gasteiger partial charge in [0.2, 0.25) is 0 Å². The second kappa shape index (κ2) is 3.86. The summed E-state index contributed by atoms with van der Waals surface area (Å²) in [7, 11) is 0. The third-order valence-corrected chi connectivity index (χ3v) is 2.05. The molecule has 76 valence electrons. The normalized spacial score (nSPS) is 10.7. The largest absolute Gasteiger partial charge is 0.294 e. The summed E-state index contributed by atoms with van der Waals surface area (Å²) >= 11 is 0. The van der Waals surface area contributed by atoms with Gasteiger partial charge in [-0.1, -0.05) is 19.9 Å². The number of Topliss-reactive ketones (excluding diaryl/α,β-unsaturated/α-hetero) is 1. The zero-order valence-electron chi connectivity index (χ0n) is 8.40. The Kier molecular flexibility index (Phi) is 2.99. The van der Waals surface area contributed by atoms with Crippen LogP contribution in [-0.4, -0.2) is 5.78 Å². The van der Waals surface area contributed by atoms with E-state index >= 15 is 0 Å². The van der Waals surface area contributed by atoms with E-state index in [1.165, 1.54) is 13.0 Å². The zero-order chi connectivity index (χ0) is 10.9. The number of benzene rings is 1. The van der Waals surface area contributed by atoms with Gasteiger partial charge >= 0.3 is 0 Å². The quantitative estimate of drug-likeness (QED) is 0.667. The van der Waals surface area contributed by atoms with Crippen LogP contribution >= 0.6 is 0 Å². The van der Waals surface area contributed by atoms with Crippen LogP contribution in [0, 0.1) is 24.5 Å². The maximum Gasteiger partial charge on any atom is 0.171 e. The summed E-state index contributed by atoms with van der Waals surface area (Å²) in [5.41, 5.74) is -0.129. The maximum absolute atomic E-state index is 13.4. The average molecular weight is 198 g/mol. The van der Waals surface area contributed by atoms with E-state index in [9.17, 15) is 13.6 Å². The second-order valence-electron chi connectivity index (χ2n) is 3.57. The molecule has 0 heterocycles. The van der Waals surface area contributed by atoms with Crippen LogP contribution in [0.5, 0.6) is 0 Å². The van der Waals surface area contributed by atoms with Gasteiger partial charge in [-0.3, -0.25) is 4.79 Å². The summed E-state index contributed by atoms with van der Waals surface area (Å²) in [5.74, 6) is -2.43. The molecule has 0 amide bonds. The van der Waals surface area contributed by atoms with Crippen LogP contribution in [0.15, 0.2) is 12.1 Å². The minimum atomic E-state index is -0.785. The molecule has 1 aromatic carbocycles. The van der Waals surface area contributed by atoms with E-state index in [-0.39, 0.29) is 5.56 Å². The Morgan fingerprint density at radius 3 is 2.36 bits per heavy atom. The van der Waals surface area contributed by atoms with Gasteiger partial charge in [0.25, 0.3) is 0 Å². The van der Waals surface area contributed by atoms with E-state index in [4.69, 9.17) is 0 Å². The van der Waals surface area contributed by atoms with Gasteiger partial charge in [0.15, 0.2) is 5.78 Å². The van der Waals surface area contributed by atoms with E-state index in [1.54, 1.807) is 13.8 Å². The number of rotatable bonds is 2. The molecule has 14 heavy (non-hydrogen) atoms. The van der Waals surface area contributed by atoms with E-state index < -0.39 is 28.9 Å². The van der Waals surface area contributed by atoms with Crippen LogP contribution in [0.1, 0.15) is 29.8 Å². The SMILES string of the molecule is Cc1ccc(F)c(C(=O)C(C)C)c1F. The molecule has 0 bridgehead atoms. The van der Waals surface area contributed by atoms with Crippen molar-refractivity contribution in [2.75, 3.05) is 0 Å². The smallest absolute Gasteiger partial charge is 0.171 e. The predicted molar refractivity (Wildman–Crippen MR) is 50.3 cm³/mol. The third-order valence-electron chi connectivity index (χ3n) is 2.05. The molecular formula is C11H12F2O. The molecule has 0 fully saturated rings. The first-order valence-electron chi connectivity index (χ1n) is 4.44. The lowest BCUT2D eigenvalue weighted by Crippen LogP contribution is -2.13. The molecule has 1 aromatic rings. The number of ketones is 1. The first-order chi connectivity index (χ1) is 6.45. The highest BCUT2D eigenvalue weighted by Gasteiger charge is 2.20. The van der Waals surface area contributed by atoms with Gasteiger partial charge < -0.3 is 0 Å². The number of hydrogen-bond donors (Lipinski definition) is 0. The number of aryl methyl sites for hydroxylation is 1. The monoisotopic (exact) mass is 198 g/mol. The molecule has 1 nitrogen and oxygen atoms in total. The third kappa shape index (κ3) is 1.81. The van der Waals surface area contributed by atoms with Gasteiger partial charge in [-0.15, -0.1) is 0 Å². The Morgan fingerprint density at radius 1 is 1.29 bits per heavy atom. The highest BCUT2D eigenvalue weighted by atomic mass is 19.1. The fourth-order valence-electron chi connectivity index (χ4n) is 1.17. The Balaban J connectivity index is 3.33. The first-order valence-corrected chi connectivity index (χ1v) is 4.44. The highest BCUT2D eigenvalue weighted by Crippen LogP contribution is 2.19. The summed E-state index contributed by atoms with van der Waals surface area (Å²) in [5, 5.41) is 0. The number of hydrogen-bond acceptors (Lipinski definition) is 1. The molecule has 0 aliphatic rings. The van der Waals surface area contributed by atoms with Crippen molar-refractivity contribution >= 4 is 5.78 Å². The molecule has 0 radical (unpaired) electrons. The molecule has 0 saturated carbocycles. The molecule has 1 rings (SSSR count). The van der Waals surface area contributed by atoms with Crippen LogP contribution in [0.25, 0.3) is 0 Å². The Hall–Kier alpha value is -1.25. The van der Waals surface area contributed by atoms with Crippen molar-refractivity contribution in [3.05, 3.63) is 34.9 Å². The summed E-state index contributed by atoms with van der Waals surface area (Å²) < 4.78 is 26.6. The lowest BCUT2D eigenvalue weighted by atomic mass is 9.98. The molecule has 0 atom stereocenters. The minimum absolute atomic E-state index is 0.287. The van der Waals surface area contributed by atoms with Crippen molar-refractivity contribution in [3.63, 3.8) is 0 Å². The topological polar surface area (TPSA) is 17.1 Å². The number of carbonyl (C=O) groups is 1. The average Bonchev–Trinajstić information content (AvgIpc) is 2.12. The molecule has 3 heteroatoms. The fraction of sp³-hybridized carbons (Fsp3) is 0.364. The predicted octanol–water partition coefficient (Wildman–Crippen LogP) is 3.11. The number of carbonyl (C=O) groups excluding carboxylic acids is 1. The molecule has 0 aliphatic carbocycles. The van der Waals surface area contributed by atoms with Gasteiger partial charge in [-0.05, 0) is 18.6 Å². The van der Waals surface area contributed by atoms with E-state index in [0.717, 1.165) is 6.07 Å². The molecule has 0 unspecified atom stereocenters. The van der Waals surface area contributed by atoms with Crippen molar-refractivity contribution < 1.29 is 13.6 Å². The van der Waals surface area contributed by atoms with Crippen LogP contribution in [0.3, 0.4) is 0 Å². The van der Waals surface area contributed by atoms with Crippen molar-refractivity contribution in [3.8, 4) is 0 Å². The van der Waals surface area contributed by atoms with Crippen LogP contribution in [0.4, 0.5) is 8.78 Å². The minimum Gasteiger partial charge on any atom is -0.294 e. The summed E-state index contributed by atoms with van der Waals surface area (Å²) in [4.78, 5) is 11.5. The van der Waals surface area contributed by atoms with Crippen molar-refractivity contribution in [2.45, 2.75) is 20.8 Å². The van der Waals surface area contributed by atoms with E-state index in [1.807, 2.05) is 0 Å². The van der Waals surface area contributed by atoms with Crippen molar-refractivity contribution in [1.82, 2.24) is 0 Å². The Bertz CT molecular complexity index is 370. The standard InChI is InChI=1S/C11H12F2O/c1-6(2)11(14)9-8(12)5-4-7(3)10(9)13/h4-6H,1-3H3. The summed E-state index contributed by atoms with van der Waals surface area (Å²) in [6.45, 7) is 4.74. The summed E-state index contributed by atoms with van der Waals surface area (Å²) in [6, 6.07) is 2.44. The first kappa shape index (κ1) is 10.8. The van der Waals surface area contributed by atoms with Gasteiger partial charge in [-0.2, -0.15) is 0 Å². The molecule has 0 aromatic heterocycles.